The lowest BCUT2D eigenvalue weighted by molar-refractivity contribution is -0.132. The molecule has 0 radical (unpaired) electrons. The van der Waals surface area contributed by atoms with Gasteiger partial charge < -0.3 is 9.80 Å². The van der Waals surface area contributed by atoms with Gasteiger partial charge in [0.25, 0.3) is 0 Å². The van der Waals surface area contributed by atoms with Crippen LogP contribution in [0.5, 0.6) is 0 Å². The van der Waals surface area contributed by atoms with Crippen LogP contribution in [-0.2, 0) is 11.3 Å². The second-order valence-corrected chi connectivity index (χ2v) is 8.32. The van der Waals surface area contributed by atoms with Gasteiger partial charge >= 0.3 is 0 Å². The fourth-order valence-electron chi connectivity index (χ4n) is 4.16. The Bertz CT molecular complexity index is 1280. The van der Waals surface area contributed by atoms with Crippen LogP contribution >= 0.6 is 0 Å². The van der Waals surface area contributed by atoms with Gasteiger partial charge in [0.15, 0.2) is 0 Å². The summed E-state index contributed by atoms with van der Waals surface area (Å²) < 4.78 is 15.6. The quantitative estimate of drug-likeness (QED) is 0.457. The molecule has 2 aromatic heterocycles. The molecule has 0 N–H and O–H groups in total. The molecule has 0 atom stereocenters. The second kappa shape index (κ2) is 9.43. The normalized spacial score (nSPS) is 13.8. The van der Waals surface area contributed by atoms with E-state index in [-0.39, 0.29) is 18.3 Å². The van der Waals surface area contributed by atoms with E-state index in [1.165, 1.54) is 6.07 Å². The lowest BCUT2D eigenvalue weighted by atomic mass is 10.1. The van der Waals surface area contributed by atoms with Gasteiger partial charge in [0.05, 0.1) is 11.4 Å². The fourth-order valence-corrected chi connectivity index (χ4v) is 4.16. The lowest BCUT2D eigenvalue weighted by Gasteiger charge is -2.34. The maximum Gasteiger partial charge on any atom is 0.244 e. The molecule has 0 aliphatic carbocycles. The van der Waals surface area contributed by atoms with Gasteiger partial charge in [-0.25, -0.2) is 14.4 Å². The van der Waals surface area contributed by atoms with Crippen molar-refractivity contribution in [3.05, 3.63) is 84.4 Å². The molecule has 1 aliphatic rings. The summed E-state index contributed by atoms with van der Waals surface area (Å²) in [6.45, 7) is 4.38. The maximum absolute atomic E-state index is 13.9. The molecule has 0 spiro atoms. The highest BCUT2D eigenvalue weighted by Crippen LogP contribution is 2.28. The molecule has 2 aromatic carbocycles. The number of aryl methyl sites for hydroxylation is 1. The topological polar surface area (TPSA) is 67.2 Å². The number of piperazine rings is 1. The van der Waals surface area contributed by atoms with Crippen LogP contribution in [0.15, 0.2) is 73.1 Å². The van der Waals surface area contributed by atoms with E-state index >= 15 is 0 Å². The molecular formula is C26H25FN6O. The SMILES string of the molecule is Cc1cc(-c2cc(-c3ccccc3)nn2CC(=O)N2CCN(c3ncccn3)CC2)ccc1F. The molecule has 0 saturated carbocycles. The van der Waals surface area contributed by atoms with Crippen molar-refractivity contribution in [3.8, 4) is 22.5 Å². The first-order valence-corrected chi connectivity index (χ1v) is 11.3. The van der Waals surface area contributed by atoms with E-state index in [0.717, 1.165) is 22.5 Å². The molecule has 0 bridgehead atoms. The third kappa shape index (κ3) is 4.52. The van der Waals surface area contributed by atoms with Gasteiger partial charge in [0.2, 0.25) is 11.9 Å². The summed E-state index contributed by atoms with van der Waals surface area (Å²) in [5.41, 5.74) is 3.90. The highest BCUT2D eigenvalue weighted by molar-refractivity contribution is 5.78. The van der Waals surface area contributed by atoms with Gasteiger partial charge in [-0.1, -0.05) is 30.3 Å². The summed E-state index contributed by atoms with van der Waals surface area (Å²) in [5.74, 6) is 0.425. The fraction of sp³-hybridized carbons (Fsp3) is 0.231. The van der Waals surface area contributed by atoms with E-state index in [1.807, 2.05) is 41.3 Å². The summed E-state index contributed by atoms with van der Waals surface area (Å²) in [7, 11) is 0. The number of halogens is 1. The van der Waals surface area contributed by atoms with Crippen LogP contribution in [0.3, 0.4) is 0 Å². The van der Waals surface area contributed by atoms with Crippen LogP contribution in [0.25, 0.3) is 22.5 Å². The minimum absolute atomic E-state index is 0.00331. The van der Waals surface area contributed by atoms with E-state index in [2.05, 4.69) is 14.9 Å². The average Bonchev–Trinajstić information content (AvgIpc) is 3.30. The van der Waals surface area contributed by atoms with E-state index in [9.17, 15) is 9.18 Å². The third-order valence-corrected chi connectivity index (χ3v) is 6.06. The number of rotatable bonds is 5. The molecular weight excluding hydrogens is 431 g/mol. The number of hydrogen-bond donors (Lipinski definition) is 0. The molecule has 1 aliphatic heterocycles. The monoisotopic (exact) mass is 456 g/mol. The van der Waals surface area contributed by atoms with Crippen LogP contribution in [-0.4, -0.2) is 56.7 Å². The highest BCUT2D eigenvalue weighted by Gasteiger charge is 2.24. The predicted molar refractivity (Wildman–Crippen MR) is 129 cm³/mol. The Morgan fingerprint density at radius 3 is 2.35 bits per heavy atom. The van der Waals surface area contributed by atoms with Crippen LogP contribution in [0, 0.1) is 12.7 Å². The van der Waals surface area contributed by atoms with E-state index in [4.69, 9.17) is 5.10 Å². The third-order valence-electron chi connectivity index (χ3n) is 6.06. The lowest BCUT2D eigenvalue weighted by Crippen LogP contribution is -2.50. The molecule has 7 nitrogen and oxygen atoms in total. The number of benzene rings is 2. The number of carbonyl (C=O) groups excluding carboxylic acids is 1. The molecule has 4 aromatic rings. The minimum atomic E-state index is -0.255. The van der Waals surface area contributed by atoms with Gasteiger partial charge in [0, 0.05) is 49.7 Å². The molecule has 3 heterocycles. The van der Waals surface area contributed by atoms with Crippen molar-refractivity contribution in [2.45, 2.75) is 13.5 Å². The van der Waals surface area contributed by atoms with Crippen LogP contribution in [0.4, 0.5) is 10.3 Å². The Morgan fingerprint density at radius 2 is 1.65 bits per heavy atom. The minimum Gasteiger partial charge on any atom is -0.338 e. The second-order valence-electron chi connectivity index (χ2n) is 8.32. The van der Waals surface area contributed by atoms with Crippen molar-refractivity contribution < 1.29 is 9.18 Å². The molecule has 1 saturated heterocycles. The number of hydrogen-bond acceptors (Lipinski definition) is 5. The van der Waals surface area contributed by atoms with Gasteiger partial charge in [-0.2, -0.15) is 5.10 Å². The Kier molecular flexibility index (Phi) is 6.03. The molecule has 34 heavy (non-hydrogen) atoms. The van der Waals surface area contributed by atoms with Gasteiger partial charge in [-0.3, -0.25) is 9.48 Å². The predicted octanol–water partition coefficient (Wildman–Crippen LogP) is 3.80. The van der Waals surface area contributed by atoms with E-state index in [1.54, 1.807) is 42.2 Å². The summed E-state index contributed by atoms with van der Waals surface area (Å²) in [5, 5.41) is 4.75. The number of amides is 1. The average molecular weight is 457 g/mol. The zero-order chi connectivity index (χ0) is 23.5. The Morgan fingerprint density at radius 1 is 0.912 bits per heavy atom. The molecule has 172 valence electrons. The Labute approximate surface area is 197 Å². The smallest absolute Gasteiger partial charge is 0.244 e. The Hall–Kier alpha value is -4.07. The first kappa shape index (κ1) is 21.8. The highest BCUT2D eigenvalue weighted by atomic mass is 19.1. The van der Waals surface area contributed by atoms with Crippen molar-refractivity contribution in [1.82, 2.24) is 24.6 Å². The summed E-state index contributed by atoms with van der Waals surface area (Å²) in [6.07, 6.45) is 3.45. The zero-order valence-corrected chi connectivity index (χ0v) is 18.9. The van der Waals surface area contributed by atoms with Crippen molar-refractivity contribution in [3.63, 3.8) is 0 Å². The summed E-state index contributed by atoms with van der Waals surface area (Å²) >= 11 is 0. The van der Waals surface area contributed by atoms with Crippen molar-refractivity contribution in [2.24, 2.45) is 0 Å². The number of nitrogens with zero attached hydrogens (tertiary/aromatic N) is 6. The number of aromatic nitrogens is 4. The number of carbonyl (C=O) groups is 1. The zero-order valence-electron chi connectivity index (χ0n) is 18.9. The van der Waals surface area contributed by atoms with Crippen molar-refractivity contribution >= 4 is 11.9 Å². The van der Waals surface area contributed by atoms with Crippen LogP contribution < -0.4 is 4.90 Å². The first-order chi connectivity index (χ1) is 16.6. The molecule has 1 fully saturated rings. The summed E-state index contributed by atoms with van der Waals surface area (Å²) in [6, 6.07) is 18.6. The maximum atomic E-state index is 13.9. The van der Waals surface area contributed by atoms with Crippen molar-refractivity contribution in [2.75, 3.05) is 31.1 Å². The van der Waals surface area contributed by atoms with Crippen LogP contribution in [0.2, 0.25) is 0 Å². The molecule has 5 rings (SSSR count). The van der Waals surface area contributed by atoms with Gasteiger partial charge in [-0.05, 0) is 42.8 Å². The number of anilines is 1. The van der Waals surface area contributed by atoms with E-state index in [0.29, 0.717) is 37.7 Å². The standard InChI is InChI=1S/C26H25FN6O/c1-19-16-21(8-9-22(19)27)24-17-23(20-6-3-2-4-7-20)30-33(24)18-25(34)31-12-14-32(15-13-31)26-28-10-5-11-29-26/h2-11,16-17H,12-15,18H2,1H3. The van der Waals surface area contributed by atoms with Crippen molar-refractivity contribution in [1.29, 1.82) is 0 Å². The van der Waals surface area contributed by atoms with Gasteiger partial charge in [0.1, 0.15) is 12.4 Å². The Balaban J connectivity index is 1.37. The first-order valence-electron chi connectivity index (χ1n) is 11.3. The molecule has 8 heteroatoms. The largest absolute Gasteiger partial charge is 0.338 e. The van der Waals surface area contributed by atoms with Crippen LogP contribution in [0.1, 0.15) is 5.56 Å². The van der Waals surface area contributed by atoms with E-state index < -0.39 is 0 Å². The molecule has 0 unspecified atom stereocenters. The van der Waals surface area contributed by atoms with Gasteiger partial charge in [-0.15, -0.1) is 0 Å². The molecule has 1 amide bonds. The summed E-state index contributed by atoms with van der Waals surface area (Å²) in [4.78, 5) is 25.7.